The first-order valence-electron chi connectivity index (χ1n) is 33.8. The molecule has 0 aliphatic carbocycles. The molecule has 0 radical (unpaired) electrons. The number of para-hydroxylation sites is 9. The first-order valence-corrected chi connectivity index (χ1v) is 34.6. The minimum atomic E-state index is -0.330. The fraction of sp³-hybridized carbons (Fsp3) is 0. The van der Waals surface area contributed by atoms with Crippen LogP contribution in [0.5, 0.6) is 0 Å². The highest BCUT2D eigenvalue weighted by molar-refractivity contribution is 8.00. The van der Waals surface area contributed by atoms with Gasteiger partial charge in [-0.05, 0) is 153 Å². The maximum atomic E-state index is 18.8. The van der Waals surface area contributed by atoms with Gasteiger partial charge >= 0.3 is 0 Å². The second-order valence-electron chi connectivity index (χ2n) is 25.6. The molecule has 464 valence electrons. The molecule has 15 aromatic carbocycles. The Balaban J connectivity index is 0.933. The molecule has 0 N–H and O–H groups in total. The molecule has 19 rings (SSSR count). The summed E-state index contributed by atoms with van der Waals surface area (Å²) in [6, 6.07) is 131. The van der Waals surface area contributed by atoms with E-state index >= 15 is 4.39 Å². The molecule has 15 aromatic rings. The second kappa shape index (κ2) is 24.1. The van der Waals surface area contributed by atoms with Gasteiger partial charge in [0.1, 0.15) is 5.82 Å². The van der Waals surface area contributed by atoms with E-state index in [1.807, 2.05) is 23.9 Å². The number of benzene rings is 15. The summed E-state index contributed by atoms with van der Waals surface area (Å²) in [6.07, 6.45) is 0. The fourth-order valence-electron chi connectivity index (χ4n) is 16.0. The van der Waals surface area contributed by atoms with Crippen molar-refractivity contribution < 1.29 is 4.39 Å². The Morgan fingerprint density at radius 2 is 0.697 bits per heavy atom. The van der Waals surface area contributed by atoms with Crippen molar-refractivity contribution in [2.24, 2.45) is 0 Å². The Morgan fingerprint density at radius 1 is 0.263 bits per heavy atom. The van der Waals surface area contributed by atoms with Gasteiger partial charge in [0.2, 0.25) is 6.71 Å². The van der Waals surface area contributed by atoms with Crippen LogP contribution in [0.1, 0.15) is 0 Å². The zero-order valence-corrected chi connectivity index (χ0v) is 54.6. The normalized spacial score (nSPS) is 12.8. The number of hydrogen-bond donors (Lipinski definition) is 0. The summed E-state index contributed by atoms with van der Waals surface area (Å²) < 4.78 is 18.8. The predicted molar refractivity (Wildman–Crippen MR) is 416 cm³/mol. The molecule has 0 saturated carbocycles. The Labute approximate surface area is 581 Å². The van der Waals surface area contributed by atoms with Gasteiger partial charge in [-0.25, -0.2) is 4.39 Å². The Bertz CT molecular complexity index is 5560. The molecule has 5 nitrogen and oxygen atoms in total. The minimum Gasteiger partial charge on any atom is -0.311 e. The number of fused-ring (bicyclic) bond motifs is 8. The van der Waals surface area contributed by atoms with Crippen LogP contribution in [0.3, 0.4) is 0 Å². The number of halogens is 1. The maximum Gasteiger partial charge on any atom is 0.252 e. The zero-order valence-electron chi connectivity index (χ0n) is 53.8. The average molecular weight is 1280 g/mol. The third-order valence-corrected chi connectivity index (χ3v) is 21.2. The molecule has 4 aliphatic rings. The van der Waals surface area contributed by atoms with Crippen molar-refractivity contribution in [3.05, 3.63) is 370 Å². The van der Waals surface area contributed by atoms with Crippen LogP contribution in [0, 0.1) is 5.82 Å². The van der Waals surface area contributed by atoms with Gasteiger partial charge in [-0.1, -0.05) is 272 Å². The third kappa shape index (κ3) is 9.63. The molecular formula is C90H60B2FN5S. The van der Waals surface area contributed by atoms with Crippen molar-refractivity contribution in [2.75, 3.05) is 24.5 Å². The molecule has 0 saturated heterocycles. The van der Waals surface area contributed by atoms with Crippen LogP contribution in [-0.4, -0.2) is 13.4 Å². The average Bonchev–Trinajstić information content (AvgIpc) is 0.687. The topological polar surface area (TPSA) is 16.2 Å². The molecule has 0 fully saturated rings. The van der Waals surface area contributed by atoms with E-state index in [1.165, 1.54) is 16.4 Å². The van der Waals surface area contributed by atoms with Crippen molar-refractivity contribution >= 4 is 143 Å². The molecule has 0 amide bonds. The number of nitrogens with zero attached hydrogens (tertiary/aromatic N) is 5. The van der Waals surface area contributed by atoms with Gasteiger partial charge in [-0.15, -0.1) is 0 Å². The van der Waals surface area contributed by atoms with E-state index in [-0.39, 0.29) is 19.2 Å². The predicted octanol–water partition coefficient (Wildman–Crippen LogP) is 20.6. The van der Waals surface area contributed by atoms with E-state index < -0.39 is 0 Å². The molecule has 0 atom stereocenters. The van der Waals surface area contributed by atoms with Crippen LogP contribution >= 0.6 is 11.8 Å². The molecule has 9 heteroatoms. The van der Waals surface area contributed by atoms with Crippen LogP contribution in [-0.2, 0) is 0 Å². The van der Waals surface area contributed by atoms with Crippen LogP contribution in [0.15, 0.2) is 374 Å². The van der Waals surface area contributed by atoms with Crippen LogP contribution in [0.4, 0.5) is 89.7 Å². The van der Waals surface area contributed by atoms with Crippen molar-refractivity contribution in [1.82, 2.24) is 0 Å². The summed E-state index contributed by atoms with van der Waals surface area (Å²) >= 11 is 1.82. The lowest BCUT2D eigenvalue weighted by Crippen LogP contribution is -2.64. The summed E-state index contributed by atoms with van der Waals surface area (Å²) in [5, 5.41) is 0. The lowest BCUT2D eigenvalue weighted by Gasteiger charge is -2.46. The Kier molecular flexibility index (Phi) is 14.1. The summed E-state index contributed by atoms with van der Waals surface area (Å²) in [5.41, 5.74) is 27.8. The SMILES string of the molecule is Fc1cccc(-c2ccccc2)c1N1c2cc3c(cc2B2c4ccccc4N(c4ccccc4-c4ccccc4)c4cc(N(c5ccccc5)c5ccccc5-c5ccccc5)cc1c42)B1c2ccccc2N(c2ccccc2)c2cc(N(c4ccccc4)c4ccccc4)cc(c21)S3. The van der Waals surface area contributed by atoms with E-state index in [2.05, 4.69) is 370 Å². The van der Waals surface area contributed by atoms with E-state index in [0.717, 1.165) is 139 Å². The van der Waals surface area contributed by atoms with Gasteiger partial charge in [-0.3, -0.25) is 0 Å². The molecule has 0 bridgehead atoms. The van der Waals surface area contributed by atoms with E-state index in [1.54, 1.807) is 6.07 Å². The molecule has 99 heavy (non-hydrogen) atoms. The highest BCUT2D eigenvalue weighted by Gasteiger charge is 2.48. The lowest BCUT2D eigenvalue weighted by atomic mass is 9.31. The summed E-state index contributed by atoms with van der Waals surface area (Å²) in [7, 11) is 0. The van der Waals surface area contributed by atoms with E-state index in [4.69, 9.17) is 0 Å². The number of hydrogen-bond acceptors (Lipinski definition) is 6. The van der Waals surface area contributed by atoms with Gasteiger partial charge < -0.3 is 24.5 Å². The van der Waals surface area contributed by atoms with Crippen molar-refractivity contribution in [3.8, 4) is 33.4 Å². The molecule has 0 aromatic heterocycles. The molecular weight excluding hydrogens is 1220 g/mol. The quantitative estimate of drug-likeness (QED) is 0.113. The van der Waals surface area contributed by atoms with Gasteiger partial charge in [-0.2, -0.15) is 0 Å². The van der Waals surface area contributed by atoms with Gasteiger partial charge in [0.25, 0.3) is 6.71 Å². The van der Waals surface area contributed by atoms with Crippen LogP contribution in [0.25, 0.3) is 33.4 Å². The van der Waals surface area contributed by atoms with E-state index in [0.29, 0.717) is 5.69 Å². The smallest absolute Gasteiger partial charge is 0.252 e. The molecule has 4 aliphatic heterocycles. The molecule has 4 heterocycles. The zero-order chi connectivity index (χ0) is 65.5. The van der Waals surface area contributed by atoms with E-state index in [9.17, 15) is 0 Å². The largest absolute Gasteiger partial charge is 0.311 e. The summed E-state index contributed by atoms with van der Waals surface area (Å²) in [4.78, 5) is 14.3. The van der Waals surface area contributed by atoms with Gasteiger partial charge in [0.15, 0.2) is 0 Å². The van der Waals surface area contributed by atoms with Crippen molar-refractivity contribution in [3.63, 3.8) is 0 Å². The van der Waals surface area contributed by atoms with Gasteiger partial charge in [0, 0.05) is 89.0 Å². The Morgan fingerprint density at radius 3 is 1.30 bits per heavy atom. The standard InChI is InChI=1S/C90H60B2FN5S/c93-77-50-30-47-72(63-35-12-3-13-36-63)90(77)98-82-60-86-76(92-73-48-24-28-53-80(73)96(67-43-20-7-21-44-67)85-57-69(58-87(99-86)89(85)92)94(64-37-14-4-15-38-64)65-39-16-5-17-40-65)59-75(82)91-74-49-25-29-54-81(74)97(79-52-27-23-46-71(79)62-33-10-2-11-34-62)83-55-68(56-84(98)88(83)91)95(66-41-18-6-19-42-66)78-51-26-22-45-70(78)61-31-8-1-9-32-61/h1-60H. The first kappa shape index (κ1) is 58.1. The Hall–Kier alpha value is -12.3. The second-order valence-corrected chi connectivity index (χ2v) is 26.7. The van der Waals surface area contributed by atoms with Crippen LogP contribution in [0.2, 0.25) is 0 Å². The fourth-order valence-corrected chi connectivity index (χ4v) is 17.2. The number of anilines is 15. The summed E-state index contributed by atoms with van der Waals surface area (Å²) in [6.45, 7) is -0.519. The van der Waals surface area contributed by atoms with Crippen molar-refractivity contribution in [1.29, 1.82) is 0 Å². The van der Waals surface area contributed by atoms with Crippen LogP contribution < -0.4 is 57.3 Å². The first-order chi connectivity index (χ1) is 49.1. The van der Waals surface area contributed by atoms with Crippen molar-refractivity contribution in [2.45, 2.75) is 9.79 Å². The van der Waals surface area contributed by atoms with Gasteiger partial charge in [0.05, 0.1) is 22.7 Å². The highest BCUT2D eigenvalue weighted by atomic mass is 32.2. The highest BCUT2D eigenvalue weighted by Crippen LogP contribution is 2.54. The maximum absolute atomic E-state index is 18.8. The summed E-state index contributed by atoms with van der Waals surface area (Å²) in [5.74, 6) is -0.328. The lowest BCUT2D eigenvalue weighted by molar-refractivity contribution is 0.629. The monoisotopic (exact) mass is 1280 g/mol. The number of rotatable bonds is 12. The third-order valence-electron chi connectivity index (χ3n) is 20.1. The molecule has 0 unspecified atom stereocenters. The minimum absolute atomic E-state index is 0.189. The molecule has 0 spiro atoms.